The van der Waals surface area contributed by atoms with Crippen molar-refractivity contribution < 1.29 is 9.35 Å². The normalized spacial score (nSPS) is 12.9. The van der Waals surface area contributed by atoms with Crippen molar-refractivity contribution >= 4 is 17.0 Å². The van der Waals surface area contributed by atoms with Crippen LogP contribution in [0.2, 0.25) is 0 Å². The second kappa shape index (κ2) is 7.62. The van der Waals surface area contributed by atoms with Crippen LogP contribution in [-0.2, 0) is 16.0 Å². The standard InChI is InChI=1S/C9H18O2S/c1-9(10)7-5-3-4-6-8-12(2)11/h3-8H2,1-2H3. The Bertz CT molecular complexity index is 124. The van der Waals surface area contributed by atoms with Crippen molar-refractivity contribution in [3.63, 3.8) is 0 Å². The molecule has 0 radical (unpaired) electrons. The van der Waals surface area contributed by atoms with E-state index in [4.69, 9.17) is 0 Å². The van der Waals surface area contributed by atoms with Gasteiger partial charge in [0.2, 0.25) is 0 Å². The molecule has 1 unspecified atom stereocenters. The zero-order valence-electron chi connectivity index (χ0n) is 7.97. The maximum atomic E-state index is 10.6. The molecule has 0 aliphatic rings. The number of hydrogen-bond donors (Lipinski definition) is 0. The highest BCUT2D eigenvalue weighted by Gasteiger charge is 1.97. The van der Waals surface area contributed by atoms with Crippen LogP contribution in [0.1, 0.15) is 39.0 Å². The summed E-state index contributed by atoms with van der Waals surface area (Å²) in [6.07, 6.45) is 6.65. The van der Waals surface area contributed by atoms with E-state index in [2.05, 4.69) is 0 Å². The largest absolute Gasteiger partial charge is 0.617 e. The smallest absolute Gasteiger partial charge is 0.129 e. The van der Waals surface area contributed by atoms with E-state index in [1.54, 1.807) is 13.2 Å². The topological polar surface area (TPSA) is 40.1 Å². The molecule has 0 aromatic heterocycles. The van der Waals surface area contributed by atoms with Crippen molar-refractivity contribution in [3.05, 3.63) is 0 Å². The second-order valence-electron chi connectivity index (χ2n) is 3.14. The van der Waals surface area contributed by atoms with Gasteiger partial charge in [0.1, 0.15) is 11.5 Å². The van der Waals surface area contributed by atoms with E-state index in [9.17, 15) is 9.35 Å². The molecule has 0 N–H and O–H groups in total. The molecule has 0 fully saturated rings. The Hall–Kier alpha value is -0.0200. The first kappa shape index (κ1) is 12.0. The van der Waals surface area contributed by atoms with Crippen LogP contribution >= 0.6 is 0 Å². The number of carbonyl (C=O) groups is 1. The highest BCUT2D eigenvalue weighted by molar-refractivity contribution is 7.90. The van der Waals surface area contributed by atoms with Crippen LogP contribution < -0.4 is 0 Å². The molecule has 0 aliphatic carbocycles. The molecular formula is C9H18O2S. The van der Waals surface area contributed by atoms with E-state index in [1.807, 2.05) is 0 Å². The van der Waals surface area contributed by atoms with Crippen molar-refractivity contribution in [2.45, 2.75) is 39.0 Å². The fraction of sp³-hybridized carbons (Fsp3) is 0.889. The number of unbranched alkanes of at least 4 members (excludes halogenated alkanes) is 3. The Morgan fingerprint density at radius 2 is 1.83 bits per heavy atom. The van der Waals surface area contributed by atoms with Crippen molar-refractivity contribution in [2.24, 2.45) is 0 Å². The molecule has 0 aromatic rings. The molecular weight excluding hydrogens is 172 g/mol. The monoisotopic (exact) mass is 190 g/mol. The minimum atomic E-state index is -0.647. The number of Topliss-reactive ketones (excluding diaryl/α,β-unsaturated/α-hetero) is 1. The van der Waals surface area contributed by atoms with Gasteiger partial charge in [0.05, 0.1) is 6.26 Å². The van der Waals surface area contributed by atoms with E-state index < -0.39 is 11.2 Å². The summed E-state index contributed by atoms with van der Waals surface area (Å²) in [7, 11) is 0. The molecule has 0 heterocycles. The third-order valence-electron chi connectivity index (χ3n) is 1.71. The zero-order chi connectivity index (χ0) is 9.40. The van der Waals surface area contributed by atoms with E-state index in [-0.39, 0.29) is 5.78 Å². The van der Waals surface area contributed by atoms with Crippen LogP contribution in [0, 0.1) is 0 Å². The fourth-order valence-electron chi connectivity index (χ4n) is 1.03. The first-order valence-corrected chi connectivity index (χ1v) is 6.15. The van der Waals surface area contributed by atoms with Gasteiger partial charge in [-0.15, -0.1) is 0 Å². The number of hydrogen-bond acceptors (Lipinski definition) is 2. The Morgan fingerprint density at radius 1 is 1.25 bits per heavy atom. The zero-order valence-corrected chi connectivity index (χ0v) is 8.78. The summed E-state index contributed by atoms with van der Waals surface area (Å²) < 4.78 is 10.6. The maximum absolute atomic E-state index is 10.6. The molecule has 1 atom stereocenters. The first-order chi connectivity index (χ1) is 5.63. The SMILES string of the molecule is CC(=O)CCCCCC[S+](C)[O-]. The van der Waals surface area contributed by atoms with Gasteiger partial charge < -0.3 is 9.35 Å². The van der Waals surface area contributed by atoms with E-state index in [1.165, 1.54) is 0 Å². The van der Waals surface area contributed by atoms with Gasteiger partial charge >= 0.3 is 0 Å². The molecule has 0 rings (SSSR count). The molecule has 72 valence electrons. The summed E-state index contributed by atoms with van der Waals surface area (Å²) in [5.41, 5.74) is 0. The van der Waals surface area contributed by atoms with Gasteiger partial charge in [0, 0.05) is 6.42 Å². The van der Waals surface area contributed by atoms with Crippen molar-refractivity contribution in [3.8, 4) is 0 Å². The molecule has 0 amide bonds. The summed E-state index contributed by atoms with van der Waals surface area (Å²) >= 11 is -0.647. The second-order valence-corrected chi connectivity index (χ2v) is 4.70. The first-order valence-electron chi connectivity index (χ1n) is 4.42. The molecule has 2 nitrogen and oxygen atoms in total. The lowest BCUT2D eigenvalue weighted by Gasteiger charge is -2.03. The lowest BCUT2D eigenvalue weighted by atomic mass is 10.1. The van der Waals surface area contributed by atoms with Crippen molar-refractivity contribution in [1.29, 1.82) is 0 Å². The van der Waals surface area contributed by atoms with E-state index in [0.29, 0.717) is 6.42 Å². The third kappa shape index (κ3) is 9.98. The third-order valence-corrected chi connectivity index (χ3v) is 2.57. The van der Waals surface area contributed by atoms with Gasteiger partial charge in [-0.1, -0.05) is 17.6 Å². The summed E-state index contributed by atoms with van der Waals surface area (Å²) in [5, 5.41) is 0. The van der Waals surface area contributed by atoms with Gasteiger partial charge in [0.15, 0.2) is 0 Å². The maximum Gasteiger partial charge on any atom is 0.129 e. The van der Waals surface area contributed by atoms with Crippen LogP contribution in [0.25, 0.3) is 0 Å². The van der Waals surface area contributed by atoms with Gasteiger partial charge in [-0.25, -0.2) is 0 Å². The number of carbonyl (C=O) groups excluding carboxylic acids is 1. The highest BCUT2D eigenvalue weighted by Crippen LogP contribution is 2.04. The average Bonchev–Trinajstić information content (AvgIpc) is 1.95. The Kier molecular flexibility index (Phi) is 7.61. The van der Waals surface area contributed by atoms with Crippen LogP contribution in [0.3, 0.4) is 0 Å². The molecule has 12 heavy (non-hydrogen) atoms. The minimum Gasteiger partial charge on any atom is -0.617 e. The lowest BCUT2D eigenvalue weighted by molar-refractivity contribution is -0.117. The van der Waals surface area contributed by atoms with E-state index >= 15 is 0 Å². The average molecular weight is 190 g/mol. The van der Waals surface area contributed by atoms with E-state index in [0.717, 1.165) is 31.4 Å². The fourth-order valence-corrected chi connectivity index (χ4v) is 1.64. The summed E-state index contributed by atoms with van der Waals surface area (Å²) in [5.74, 6) is 1.08. The molecule has 0 saturated heterocycles. The predicted molar refractivity (Wildman–Crippen MR) is 52.7 cm³/mol. The minimum absolute atomic E-state index is 0.272. The number of rotatable bonds is 7. The summed E-state index contributed by atoms with van der Waals surface area (Å²) in [6, 6.07) is 0. The van der Waals surface area contributed by atoms with Crippen LogP contribution in [0.15, 0.2) is 0 Å². The summed E-state index contributed by atoms with van der Waals surface area (Å²) in [6.45, 7) is 1.63. The lowest BCUT2D eigenvalue weighted by Crippen LogP contribution is -2.02. The van der Waals surface area contributed by atoms with Gasteiger partial charge in [-0.2, -0.15) is 0 Å². The van der Waals surface area contributed by atoms with Gasteiger partial charge in [-0.05, 0) is 26.2 Å². The quantitative estimate of drug-likeness (QED) is 0.454. The van der Waals surface area contributed by atoms with Crippen LogP contribution in [0.4, 0.5) is 0 Å². The molecule has 0 aliphatic heterocycles. The van der Waals surface area contributed by atoms with Gasteiger partial charge in [0.25, 0.3) is 0 Å². The molecule has 3 heteroatoms. The van der Waals surface area contributed by atoms with Gasteiger partial charge in [-0.3, -0.25) is 0 Å². The van der Waals surface area contributed by atoms with Crippen LogP contribution in [0.5, 0.6) is 0 Å². The molecule has 0 bridgehead atoms. The predicted octanol–water partition coefficient (Wildman–Crippen LogP) is 1.90. The summed E-state index contributed by atoms with van der Waals surface area (Å²) in [4.78, 5) is 10.5. The molecule has 0 aromatic carbocycles. The van der Waals surface area contributed by atoms with Crippen LogP contribution in [-0.4, -0.2) is 22.3 Å². The molecule has 0 spiro atoms. The Balaban J connectivity index is 2.96. The Morgan fingerprint density at radius 3 is 2.33 bits per heavy atom. The molecule has 0 saturated carbocycles. The number of ketones is 1. The van der Waals surface area contributed by atoms with Crippen molar-refractivity contribution in [1.82, 2.24) is 0 Å². The van der Waals surface area contributed by atoms with Crippen molar-refractivity contribution in [2.75, 3.05) is 12.0 Å². The Labute approximate surface area is 77.9 Å². The highest BCUT2D eigenvalue weighted by atomic mass is 32.2.